The lowest BCUT2D eigenvalue weighted by atomic mass is 10.2. The monoisotopic (exact) mass is 317 g/mol. The highest BCUT2D eigenvalue weighted by molar-refractivity contribution is 9.10. The lowest BCUT2D eigenvalue weighted by Gasteiger charge is -2.22. The summed E-state index contributed by atoms with van der Waals surface area (Å²) in [5.74, 6) is -0.808. The van der Waals surface area contributed by atoms with Crippen molar-refractivity contribution in [3.8, 4) is 0 Å². The summed E-state index contributed by atoms with van der Waals surface area (Å²) in [5, 5.41) is 2.50. The summed E-state index contributed by atoms with van der Waals surface area (Å²) in [6, 6.07) is 2.38. The van der Waals surface area contributed by atoms with Crippen molar-refractivity contribution in [1.29, 1.82) is 0 Å². The SMILES string of the molecule is C[C@@H](NC(=O)c1ccc(Br)o1)C(=O)OC(C)(C)C. The zero-order valence-electron chi connectivity index (χ0n) is 10.7. The number of hydrogen-bond donors (Lipinski definition) is 1. The molecule has 0 bridgehead atoms. The molecule has 1 N–H and O–H groups in total. The summed E-state index contributed by atoms with van der Waals surface area (Å²) in [4.78, 5) is 23.4. The highest BCUT2D eigenvalue weighted by atomic mass is 79.9. The van der Waals surface area contributed by atoms with Gasteiger partial charge in [-0.25, -0.2) is 4.79 Å². The zero-order chi connectivity index (χ0) is 13.9. The van der Waals surface area contributed by atoms with Gasteiger partial charge in [-0.05, 0) is 55.8 Å². The van der Waals surface area contributed by atoms with Crippen LogP contribution >= 0.6 is 15.9 Å². The van der Waals surface area contributed by atoms with Crippen LogP contribution in [0.15, 0.2) is 21.2 Å². The van der Waals surface area contributed by atoms with Crippen molar-refractivity contribution < 1.29 is 18.7 Å². The second kappa shape index (κ2) is 5.56. The first-order chi connectivity index (χ1) is 8.19. The summed E-state index contributed by atoms with van der Waals surface area (Å²) in [7, 11) is 0. The summed E-state index contributed by atoms with van der Waals surface area (Å²) >= 11 is 3.10. The van der Waals surface area contributed by atoms with Crippen LogP contribution in [-0.4, -0.2) is 23.5 Å². The molecule has 1 rings (SSSR count). The molecule has 0 aromatic carbocycles. The van der Waals surface area contributed by atoms with Crippen LogP contribution in [-0.2, 0) is 9.53 Å². The molecule has 100 valence electrons. The second-order valence-electron chi connectivity index (χ2n) is 4.83. The maximum atomic E-state index is 11.7. The number of esters is 1. The van der Waals surface area contributed by atoms with Gasteiger partial charge in [-0.1, -0.05) is 0 Å². The molecule has 1 heterocycles. The highest BCUT2D eigenvalue weighted by Crippen LogP contribution is 2.14. The predicted octanol–water partition coefficient (Wildman–Crippen LogP) is 2.50. The lowest BCUT2D eigenvalue weighted by molar-refractivity contribution is -0.156. The minimum absolute atomic E-state index is 0.136. The average molecular weight is 318 g/mol. The topological polar surface area (TPSA) is 68.5 Å². The van der Waals surface area contributed by atoms with Gasteiger partial charge < -0.3 is 14.5 Å². The van der Waals surface area contributed by atoms with Gasteiger partial charge in [-0.3, -0.25) is 4.79 Å². The van der Waals surface area contributed by atoms with Gasteiger partial charge in [0, 0.05) is 0 Å². The third kappa shape index (κ3) is 4.52. The maximum Gasteiger partial charge on any atom is 0.328 e. The Bertz CT molecular complexity index is 447. The molecular weight excluding hydrogens is 302 g/mol. The summed E-state index contributed by atoms with van der Waals surface area (Å²) < 4.78 is 10.7. The van der Waals surface area contributed by atoms with Crippen LogP contribution in [0.3, 0.4) is 0 Å². The van der Waals surface area contributed by atoms with Gasteiger partial charge >= 0.3 is 5.97 Å². The molecule has 1 aromatic heterocycles. The fraction of sp³-hybridized carbons (Fsp3) is 0.500. The predicted molar refractivity (Wildman–Crippen MR) is 69.2 cm³/mol. The number of furan rings is 1. The highest BCUT2D eigenvalue weighted by Gasteiger charge is 2.24. The minimum atomic E-state index is -0.736. The second-order valence-corrected chi connectivity index (χ2v) is 5.61. The largest absolute Gasteiger partial charge is 0.458 e. The van der Waals surface area contributed by atoms with Gasteiger partial charge in [0.2, 0.25) is 0 Å². The normalized spacial score (nSPS) is 12.9. The van der Waals surface area contributed by atoms with E-state index >= 15 is 0 Å². The Labute approximate surface area is 114 Å². The van der Waals surface area contributed by atoms with E-state index in [1.165, 1.54) is 6.07 Å². The quantitative estimate of drug-likeness (QED) is 0.870. The molecular formula is C12H16BrNO4. The van der Waals surface area contributed by atoms with E-state index in [-0.39, 0.29) is 5.76 Å². The number of carbonyl (C=O) groups excluding carboxylic acids is 2. The summed E-state index contributed by atoms with van der Waals surface area (Å²) in [6.45, 7) is 6.86. The molecule has 0 aliphatic heterocycles. The fourth-order valence-electron chi connectivity index (χ4n) is 1.15. The number of rotatable bonds is 3. The molecule has 0 aliphatic carbocycles. The lowest BCUT2D eigenvalue weighted by Crippen LogP contribution is -2.42. The fourth-order valence-corrected chi connectivity index (χ4v) is 1.46. The van der Waals surface area contributed by atoms with Crippen LogP contribution in [0.25, 0.3) is 0 Å². The first-order valence-corrected chi connectivity index (χ1v) is 6.27. The Balaban J connectivity index is 2.57. The Morgan fingerprint density at radius 1 is 1.39 bits per heavy atom. The van der Waals surface area contributed by atoms with Crippen molar-refractivity contribution >= 4 is 27.8 Å². The molecule has 18 heavy (non-hydrogen) atoms. The van der Waals surface area contributed by atoms with E-state index in [4.69, 9.17) is 9.15 Å². The van der Waals surface area contributed by atoms with Crippen molar-refractivity contribution in [3.05, 3.63) is 22.6 Å². The van der Waals surface area contributed by atoms with Crippen LogP contribution in [0.2, 0.25) is 0 Å². The van der Waals surface area contributed by atoms with Crippen molar-refractivity contribution in [1.82, 2.24) is 5.32 Å². The molecule has 0 radical (unpaired) electrons. The molecule has 0 saturated carbocycles. The Morgan fingerprint density at radius 3 is 2.44 bits per heavy atom. The van der Waals surface area contributed by atoms with E-state index < -0.39 is 23.5 Å². The molecule has 0 spiro atoms. The maximum absolute atomic E-state index is 11.7. The van der Waals surface area contributed by atoms with E-state index in [0.29, 0.717) is 4.67 Å². The Kier molecular flexibility index (Phi) is 4.56. The van der Waals surface area contributed by atoms with Crippen LogP contribution in [0.5, 0.6) is 0 Å². The third-order valence-corrected chi connectivity index (χ3v) is 2.33. The summed E-state index contributed by atoms with van der Waals surface area (Å²) in [5.41, 5.74) is -0.580. The first kappa shape index (κ1) is 14.8. The standard InChI is InChI=1S/C12H16BrNO4/c1-7(11(16)18-12(2,3)4)14-10(15)8-5-6-9(13)17-8/h5-7H,1-4H3,(H,14,15)/t7-/m1/s1. The molecule has 5 nitrogen and oxygen atoms in total. The van der Waals surface area contributed by atoms with E-state index in [2.05, 4.69) is 21.2 Å². The van der Waals surface area contributed by atoms with Crippen LogP contribution < -0.4 is 5.32 Å². The molecule has 0 aliphatic rings. The minimum Gasteiger partial charge on any atom is -0.458 e. The van der Waals surface area contributed by atoms with Crippen LogP contribution in [0, 0.1) is 0 Å². The zero-order valence-corrected chi connectivity index (χ0v) is 12.3. The van der Waals surface area contributed by atoms with Crippen molar-refractivity contribution in [2.45, 2.75) is 39.3 Å². The average Bonchev–Trinajstić information content (AvgIpc) is 2.62. The van der Waals surface area contributed by atoms with E-state index in [0.717, 1.165) is 0 Å². The van der Waals surface area contributed by atoms with Gasteiger partial charge in [0.05, 0.1) is 0 Å². The molecule has 6 heteroatoms. The van der Waals surface area contributed by atoms with Gasteiger partial charge in [0.25, 0.3) is 5.91 Å². The van der Waals surface area contributed by atoms with Gasteiger partial charge in [-0.15, -0.1) is 0 Å². The number of carbonyl (C=O) groups is 2. The van der Waals surface area contributed by atoms with Crippen molar-refractivity contribution in [2.24, 2.45) is 0 Å². The molecule has 1 aromatic rings. The number of nitrogens with one attached hydrogen (secondary N) is 1. The van der Waals surface area contributed by atoms with E-state index in [9.17, 15) is 9.59 Å². The number of halogens is 1. The molecule has 1 atom stereocenters. The third-order valence-electron chi connectivity index (χ3n) is 1.90. The number of amides is 1. The van der Waals surface area contributed by atoms with Crippen molar-refractivity contribution in [3.63, 3.8) is 0 Å². The molecule has 0 fully saturated rings. The van der Waals surface area contributed by atoms with E-state index in [1.807, 2.05) is 0 Å². The smallest absolute Gasteiger partial charge is 0.328 e. The molecule has 1 amide bonds. The van der Waals surface area contributed by atoms with Gasteiger partial charge in [-0.2, -0.15) is 0 Å². The van der Waals surface area contributed by atoms with Crippen LogP contribution in [0.4, 0.5) is 0 Å². The number of hydrogen-bond acceptors (Lipinski definition) is 4. The van der Waals surface area contributed by atoms with Gasteiger partial charge in [0.15, 0.2) is 10.4 Å². The summed E-state index contributed by atoms with van der Waals surface area (Å²) in [6.07, 6.45) is 0. The molecule has 0 saturated heterocycles. The van der Waals surface area contributed by atoms with E-state index in [1.54, 1.807) is 33.8 Å². The molecule has 0 unspecified atom stereocenters. The van der Waals surface area contributed by atoms with Crippen LogP contribution in [0.1, 0.15) is 38.2 Å². The number of ether oxygens (including phenoxy) is 1. The Hall–Kier alpha value is -1.30. The first-order valence-electron chi connectivity index (χ1n) is 5.48. The Morgan fingerprint density at radius 2 is 2.00 bits per heavy atom. The van der Waals surface area contributed by atoms with Gasteiger partial charge in [0.1, 0.15) is 11.6 Å². The van der Waals surface area contributed by atoms with Crippen molar-refractivity contribution in [2.75, 3.05) is 0 Å².